The molecule has 27 heavy (non-hydrogen) atoms. The summed E-state index contributed by atoms with van der Waals surface area (Å²) in [5.41, 5.74) is 4.16. The number of fused-ring (bicyclic) bond motifs is 1. The molecule has 2 heterocycles. The largest absolute Gasteiger partial charge is 0.495 e. The molecule has 5 nitrogen and oxygen atoms in total. The van der Waals surface area contributed by atoms with Crippen LogP contribution in [-0.2, 0) is 6.42 Å². The molecule has 1 N–H and O–H groups in total. The van der Waals surface area contributed by atoms with Crippen LogP contribution in [0.1, 0.15) is 18.2 Å². The van der Waals surface area contributed by atoms with Crippen LogP contribution in [0.3, 0.4) is 0 Å². The lowest BCUT2D eigenvalue weighted by Crippen LogP contribution is -2.25. The van der Waals surface area contributed by atoms with E-state index in [1.165, 1.54) is 11.3 Å². The zero-order chi connectivity index (χ0) is 19.0. The topological polar surface area (TPSA) is 50.3 Å². The van der Waals surface area contributed by atoms with Crippen LogP contribution in [0.4, 0.5) is 23.1 Å². The Balaban J connectivity index is 1.72. The van der Waals surface area contributed by atoms with E-state index in [0.29, 0.717) is 22.8 Å². The molecule has 1 aliphatic rings. The van der Waals surface area contributed by atoms with Gasteiger partial charge in [0.25, 0.3) is 0 Å². The van der Waals surface area contributed by atoms with Crippen LogP contribution in [0.15, 0.2) is 48.5 Å². The molecule has 0 amide bonds. The maximum absolute atomic E-state index is 6.14. The molecule has 1 aromatic heterocycles. The van der Waals surface area contributed by atoms with E-state index < -0.39 is 0 Å². The third kappa shape index (κ3) is 3.43. The van der Waals surface area contributed by atoms with Crippen molar-refractivity contribution in [3.8, 4) is 5.75 Å². The van der Waals surface area contributed by atoms with Gasteiger partial charge in [0.2, 0.25) is 5.95 Å². The minimum Gasteiger partial charge on any atom is -0.495 e. The minimum atomic E-state index is 0.338. The predicted octanol–water partition coefficient (Wildman–Crippen LogP) is 5.27. The molecule has 3 aromatic rings. The standard InChI is InChI=1S/C21H21ClN4O/c1-13-10-20(26-14(2)11-15-6-4-5-7-18(15)26)25-21(23-13)24-17-12-16(22)8-9-19(17)27-3/h4-10,12,14H,11H2,1-3H3,(H,23,24,25). The van der Waals surface area contributed by atoms with Gasteiger partial charge in [-0.2, -0.15) is 4.98 Å². The van der Waals surface area contributed by atoms with Gasteiger partial charge in [-0.1, -0.05) is 29.8 Å². The van der Waals surface area contributed by atoms with Crippen LogP contribution in [0.5, 0.6) is 5.75 Å². The number of rotatable bonds is 4. The molecule has 6 heteroatoms. The van der Waals surface area contributed by atoms with Crippen LogP contribution in [-0.4, -0.2) is 23.1 Å². The van der Waals surface area contributed by atoms with Crippen LogP contribution in [0.2, 0.25) is 5.02 Å². The predicted molar refractivity (Wildman–Crippen MR) is 110 cm³/mol. The lowest BCUT2D eigenvalue weighted by atomic mass is 10.1. The van der Waals surface area contributed by atoms with Crippen molar-refractivity contribution in [3.63, 3.8) is 0 Å². The summed E-state index contributed by atoms with van der Waals surface area (Å²) in [6, 6.07) is 16.2. The van der Waals surface area contributed by atoms with Crippen LogP contribution in [0.25, 0.3) is 0 Å². The summed E-state index contributed by atoms with van der Waals surface area (Å²) < 4.78 is 5.41. The van der Waals surface area contributed by atoms with Gasteiger partial charge in [-0.3, -0.25) is 0 Å². The molecular weight excluding hydrogens is 360 g/mol. The van der Waals surface area contributed by atoms with Crippen molar-refractivity contribution in [2.75, 3.05) is 17.3 Å². The van der Waals surface area contributed by atoms with Crippen LogP contribution >= 0.6 is 11.6 Å². The van der Waals surface area contributed by atoms with E-state index >= 15 is 0 Å². The highest BCUT2D eigenvalue weighted by molar-refractivity contribution is 6.31. The summed E-state index contributed by atoms with van der Waals surface area (Å²) in [6.07, 6.45) is 1.00. The summed E-state index contributed by atoms with van der Waals surface area (Å²) in [4.78, 5) is 11.6. The van der Waals surface area contributed by atoms with Gasteiger partial charge in [0.1, 0.15) is 11.6 Å². The number of nitrogens with one attached hydrogen (secondary N) is 1. The van der Waals surface area contributed by atoms with E-state index in [4.69, 9.17) is 21.3 Å². The molecule has 1 unspecified atom stereocenters. The first-order valence-electron chi connectivity index (χ1n) is 8.88. The summed E-state index contributed by atoms with van der Waals surface area (Å²) >= 11 is 6.14. The lowest BCUT2D eigenvalue weighted by molar-refractivity contribution is 0.417. The van der Waals surface area contributed by atoms with Crippen molar-refractivity contribution < 1.29 is 4.74 Å². The first-order chi connectivity index (χ1) is 13.0. The van der Waals surface area contributed by atoms with Crippen LogP contribution < -0.4 is 15.0 Å². The number of anilines is 4. The van der Waals surface area contributed by atoms with Gasteiger partial charge in [-0.25, -0.2) is 4.98 Å². The molecule has 0 spiro atoms. The third-order valence-electron chi connectivity index (χ3n) is 4.70. The van der Waals surface area contributed by atoms with E-state index in [2.05, 4.69) is 46.4 Å². The highest BCUT2D eigenvalue weighted by atomic mass is 35.5. The van der Waals surface area contributed by atoms with Crippen molar-refractivity contribution in [1.29, 1.82) is 0 Å². The van der Waals surface area contributed by atoms with Gasteiger partial charge in [0, 0.05) is 28.5 Å². The Hall–Kier alpha value is -2.79. The number of ether oxygens (including phenoxy) is 1. The smallest absolute Gasteiger partial charge is 0.229 e. The molecule has 0 fully saturated rings. The number of halogens is 1. The molecule has 0 bridgehead atoms. The zero-order valence-corrected chi connectivity index (χ0v) is 16.3. The highest BCUT2D eigenvalue weighted by Gasteiger charge is 2.28. The van der Waals surface area contributed by atoms with Gasteiger partial charge in [-0.15, -0.1) is 0 Å². The molecule has 0 saturated heterocycles. The molecular formula is C21H21ClN4O. The van der Waals surface area contributed by atoms with Crippen molar-refractivity contribution in [2.45, 2.75) is 26.3 Å². The highest BCUT2D eigenvalue weighted by Crippen LogP contribution is 2.38. The van der Waals surface area contributed by atoms with E-state index in [9.17, 15) is 0 Å². The lowest BCUT2D eigenvalue weighted by Gasteiger charge is -2.24. The van der Waals surface area contributed by atoms with Gasteiger partial charge in [-0.05, 0) is 50.1 Å². The Morgan fingerprint density at radius 3 is 2.78 bits per heavy atom. The molecule has 0 radical (unpaired) electrons. The van der Waals surface area contributed by atoms with Gasteiger partial charge >= 0.3 is 0 Å². The van der Waals surface area contributed by atoms with Crippen LogP contribution in [0, 0.1) is 6.92 Å². The maximum atomic E-state index is 6.14. The van der Waals surface area contributed by atoms with Gasteiger partial charge in [0.15, 0.2) is 0 Å². The Morgan fingerprint density at radius 1 is 1.15 bits per heavy atom. The van der Waals surface area contributed by atoms with Crippen molar-refractivity contribution >= 4 is 34.7 Å². The Labute approximate surface area is 164 Å². The first kappa shape index (κ1) is 17.6. The number of hydrogen-bond acceptors (Lipinski definition) is 5. The average molecular weight is 381 g/mol. The quantitative estimate of drug-likeness (QED) is 0.667. The third-order valence-corrected chi connectivity index (χ3v) is 4.94. The fourth-order valence-electron chi connectivity index (χ4n) is 3.54. The Kier molecular flexibility index (Phi) is 4.62. The first-order valence-corrected chi connectivity index (χ1v) is 9.26. The van der Waals surface area contributed by atoms with E-state index in [0.717, 1.165) is 23.6 Å². The second-order valence-electron chi connectivity index (χ2n) is 6.71. The normalized spacial score (nSPS) is 15.6. The molecule has 4 rings (SSSR count). The second kappa shape index (κ2) is 7.08. The fourth-order valence-corrected chi connectivity index (χ4v) is 3.72. The Morgan fingerprint density at radius 2 is 1.96 bits per heavy atom. The Bertz CT molecular complexity index is 992. The molecule has 138 valence electrons. The van der Waals surface area contributed by atoms with Crippen molar-refractivity contribution in [1.82, 2.24) is 9.97 Å². The molecule has 0 saturated carbocycles. The monoisotopic (exact) mass is 380 g/mol. The number of para-hydroxylation sites is 1. The number of benzene rings is 2. The van der Waals surface area contributed by atoms with Crippen molar-refractivity contribution in [2.24, 2.45) is 0 Å². The molecule has 2 aromatic carbocycles. The number of methoxy groups -OCH3 is 1. The SMILES string of the molecule is COc1ccc(Cl)cc1Nc1nc(C)cc(N2c3ccccc3CC2C)n1. The fraction of sp³-hybridized carbons (Fsp3) is 0.238. The molecule has 1 atom stereocenters. The van der Waals surface area contributed by atoms with Gasteiger partial charge in [0.05, 0.1) is 12.8 Å². The molecule has 1 aliphatic heterocycles. The number of hydrogen-bond donors (Lipinski definition) is 1. The van der Waals surface area contributed by atoms with E-state index in [1.54, 1.807) is 19.2 Å². The summed E-state index contributed by atoms with van der Waals surface area (Å²) in [6.45, 7) is 4.18. The second-order valence-corrected chi connectivity index (χ2v) is 7.15. The summed E-state index contributed by atoms with van der Waals surface area (Å²) in [7, 11) is 1.62. The summed E-state index contributed by atoms with van der Waals surface area (Å²) in [5, 5.41) is 3.87. The summed E-state index contributed by atoms with van der Waals surface area (Å²) in [5.74, 6) is 2.08. The van der Waals surface area contributed by atoms with E-state index in [1.807, 2.05) is 19.1 Å². The molecule has 0 aliphatic carbocycles. The number of nitrogens with zero attached hydrogens (tertiary/aromatic N) is 3. The zero-order valence-electron chi connectivity index (χ0n) is 15.5. The maximum Gasteiger partial charge on any atom is 0.229 e. The number of aryl methyl sites for hydroxylation is 1. The van der Waals surface area contributed by atoms with E-state index in [-0.39, 0.29) is 0 Å². The minimum absolute atomic E-state index is 0.338. The van der Waals surface area contributed by atoms with Crippen molar-refractivity contribution in [3.05, 3.63) is 64.8 Å². The average Bonchev–Trinajstić information content (AvgIpc) is 2.97. The van der Waals surface area contributed by atoms with Gasteiger partial charge < -0.3 is 15.0 Å². The number of aromatic nitrogens is 2.